The molecule has 8 nitrogen and oxygen atoms in total. The molecule has 2 N–H and O–H groups in total. The maximum atomic E-state index is 13.6. The van der Waals surface area contributed by atoms with Crippen molar-refractivity contribution in [1.29, 1.82) is 0 Å². The summed E-state index contributed by atoms with van der Waals surface area (Å²) in [5, 5.41) is 6.85. The molecule has 0 unspecified atom stereocenters. The first-order valence-corrected chi connectivity index (χ1v) is 13.4. The lowest BCUT2D eigenvalue weighted by molar-refractivity contribution is -0.111. The summed E-state index contributed by atoms with van der Waals surface area (Å²) in [5.41, 5.74) is 1.77. The smallest absolute Gasteiger partial charge is 0.248 e. The van der Waals surface area contributed by atoms with Crippen molar-refractivity contribution >= 4 is 45.6 Å². The predicted molar refractivity (Wildman–Crippen MR) is 147 cm³/mol. The summed E-state index contributed by atoms with van der Waals surface area (Å²) in [6.45, 7) is 3.97. The Labute approximate surface area is 226 Å². The Morgan fingerprint density at radius 2 is 2.03 bits per heavy atom. The van der Waals surface area contributed by atoms with Gasteiger partial charge < -0.3 is 20.1 Å². The zero-order chi connectivity index (χ0) is 26.3. The average molecular weight is 540 g/mol. The van der Waals surface area contributed by atoms with Gasteiger partial charge in [-0.05, 0) is 56.4 Å². The fraction of sp³-hybridized carbons (Fsp3) is 0.393. The molecule has 0 bridgehead atoms. The SMILES string of the molecule is O=C(C=CCN1CCCOCC1)Nc1cc2c(Nc3ccc(F)c(Cl)c3)ncnc2cc1OC1CCCC1. The second-order valence-electron chi connectivity index (χ2n) is 9.52. The van der Waals surface area contributed by atoms with E-state index in [1.54, 1.807) is 12.1 Å². The number of nitrogens with zero attached hydrogens (tertiary/aromatic N) is 3. The van der Waals surface area contributed by atoms with Crippen LogP contribution in [0.5, 0.6) is 5.75 Å². The summed E-state index contributed by atoms with van der Waals surface area (Å²) >= 11 is 5.95. The minimum atomic E-state index is -0.499. The molecule has 0 spiro atoms. The van der Waals surface area contributed by atoms with Crippen molar-refractivity contribution in [3.8, 4) is 5.75 Å². The zero-order valence-electron chi connectivity index (χ0n) is 21.1. The molecule has 1 saturated heterocycles. The van der Waals surface area contributed by atoms with Crippen molar-refractivity contribution < 1.29 is 18.7 Å². The van der Waals surface area contributed by atoms with Gasteiger partial charge in [0.05, 0.1) is 28.9 Å². The van der Waals surface area contributed by atoms with E-state index in [2.05, 4.69) is 25.5 Å². The van der Waals surface area contributed by atoms with E-state index in [0.717, 1.165) is 51.8 Å². The first-order chi connectivity index (χ1) is 18.5. The van der Waals surface area contributed by atoms with E-state index in [1.165, 1.54) is 18.5 Å². The van der Waals surface area contributed by atoms with Crippen molar-refractivity contribution in [3.05, 3.63) is 59.7 Å². The number of benzene rings is 2. The van der Waals surface area contributed by atoms with Crippen LogP contribution >= 0.6 is 11.6 Å². The summed E-state index contributed by atoms with van der Waals surface area (Å²) in [4.78, 5) is 24.0. The summed E-state index contributed by atoms with van der Waals surface area (Å²) < 4.78 is 25.4. The molecule has 200 valence electrons. The Balaban J connectivity index is 1.39. The summed E-state index contributed by atoms with van der Waals surface area (Å²) in [7, 11) is 0. The largest absolute Gasteiger partial charge is 0.488 e. The van der Waals surface area contributed by atoms with Crippen LogP contribution in [0.3, 0.4) is 0 Å². The molecule has 1 aliphatic heterocycles. The standard InChI is InChI=1S/C28H31ClFN5O3/c29-22-15-19(8-9-23(22)30)33-28-21-16-25(34-27(36)7-3-10-35-11-4-13-37-14-12-35)26(17-24(21)31-18-32-28)38-20-5-1-2-6-20/h3,7-9,15-18,20H,1-2,4-6,10-14H2,(H,34,36)(H,31,32,33). The molecule has 2 aliphatic rings. The van der Waals surface area contributed by atoms with E-state index in [0.29, 0.717) is 47.0 Å². The third kappa shape index (κ3) is 6.78. The number of aromatic nitrogens is 2. The van der Waals surface area contributed by atoms with Crippen molar-refractivity contribution in [2.45, 2.75) is 38.2 Å². The van der Waals surface area contributed by atoms with Crippen LogP contribution in [-0.2, 0) is 9.53 Å². The van der Waals surface area contributed by atoms with Crippen LogP contribution in [0, 0.1) is 5.82 Å². The van der Waals surface area contributed by atoms with Crippen LogP contribution in [0.25, 0.3) is 10.9 Å². The topological polar surface area (TPSA) is 88.6 Å². The molecule has 5 rings (SSSR count). The molecule has 1 aromatic heterocycles. The van der Waals surface area contributed by atoms with E-state index in [1.807, 2.05) is 18.2 Å². The van der Waals surface area contributed by atoms with Crippen molar-refractivity contribution in [2.75, 3.05) is 43.5 Å². The van der Waals surface area contributed by atoms with Gasteiger partial charge in [-0.15, -0.1) is 0 Å². The lowest BCUT2D eigenvalue weighted by Gasteiger charge is -2.18. The number of rotatable bonds is 8. The molecule has 0 atom stereocenters. The lowest BCUT2D eigenvalue weighted by Crippen LogP contribution is -2.26. The minimum Gasteiger partial charge on any atom is -0.488 e. The summed E-state index contributed by atoms with van der Waals surface area (Å²) in [6.07, 6.45) is 10.2. The van der Waals surface area contributed by atoms with Crippen LogP contribution in [-0.4, -0.2) is 59.7 Å². The highest BCUT2D eigenvalue weighted by atomic mass is 35.5. The molecule has 3 aromatic rings. The quantitative estimate of drug-likeness (QED) is 0.355. The van der Waals surface area contributed by atoms with E-state index in [4.69, 9.17) is 21.1 Å². The highest BCUT2D eigenvalue weighted by Crippen LogP contribution is 2.36. The number of amides is 1. The number of ether oxygens (including phenoxy) is 2. The maximum Gasteiger partial charge on any atom is 0.248 e. The fourth-order valence-corrected chi connectivity index (χ4v) is 4.92. The maximum absolute atomic E-state index is 13.6. The fourth-order valence-electron chi connectivity index (χ4n) is 4.74. The molecular weight excluding hydrogens is 509 g/mol. The van der Waals surface area contributed by atoms with Gasteiger partial charge in [0.25, 0.3) is 0 Å². The second-order valence-corrected chi connectivity index (χ2v) is 9.93. The average Bonchev–Trinajstić information content (AvgIpc) is 3.28. The van der Waals surface area contributed by atoms with E-state index < -0.39 is 5.82 Å². The predicted octanol–water partition coefficient (Wildman–Crippen LogP) is 5.70. The number of hydrogen-bond acceptors (Lipinski definition) is 7. The van der Waals surface area contributed by atoms with Gasteiger partial charge in [0.2, 0.25) is 5.91 Å². The molecule has 38 heavy (non-hydrogen) atoms. The number of anilines is 3. The highest BCUT2D eigenvalue weighted by Gasteiger charge is 2.20. The Morgan fingerprint density at radius 3 is 2.87 bits per heavy atom. The van der Waals surface area contributed by atoms with Crippen molar-refractivity contribution in [1.82, 2.24) is 14.9 Å². The molecule has 2 heterocycles. The van der Waals surface area contributed by atoms with Gasteiger partial charge in [-0.1, -0.05) is 17.7 Å². The van der Waals surface area contributed by atoms with Gasteiger partial charge in [-0.2, -0.15) is 0 Å². The van der Waals surface area contributed by atoms with E-state index in [9.17, 15) is 9.18 Å². The van der Waals surface area contributed by atoms with E-state index >= 15 is 0 Å². The number of carbonyl (C=O) groups is 1. The Hall–Kier alpha value is -3.27. The van der Waals surface area contributed by atoms with Crippen LogP contribution in [0.4, 0.5) is 21.6 Å². The van der Waals surface area contributed by atoms with Crippen LogP contribution < -0.4 is 15.4 Å². The Morgan fingerprint density at radius 1 is 1.16 bits per heavy atom. The number of nitrogens with one attached hydrogen (secondary N) is 2. The normalized spacial score (nSPS) is 17.1. The van der Waals surface area contributed by atoms with Crippen molar-refractivity contribution in [2.24, 2.45) is 0 Å². The van der Waals surface area contributed by atoms with Crippen LogP contribution in [0.1, 0.15) is 32.1 Å². The molecular formula is C28H31ClFN5O3. The van der Waals surface area contributed by atoms with Gasteiger partial charge in [0, 0.05) is 49.5 Å². The first kappa shape index (κ1) is 26.3. The zero-order valence-corrected chi connectivity index (χ0v) is 21.8. The summed E-state index contributed by atoms with van der Waals surface area (Å²) in [6, 6.07) is 8.00. The third-order valence-electron chi connectivity index (χ3n) is 6.72. The molecule has 2 aromatic carbocycles. The molecule has 10 heteroatoms. The molecule has 0 radical (unpaired) electrons. The molecule has 2 fully saturated rings. The van der Waals surface area contributed by atoms with Crippen LogP contribution in [0.2, 0.25) is 5.02 Å². The van der Waals surface area contributed by atoms with E-state index in [-0.39, 0.29) is 17.0 Å². The van der Waals surface area contributed by atoms with Gasteiger partial charge in [-0.3, -0.25) is 9.69 Å². The molecule has 1 aliphatic carbocycles. The summed E-state index contributed by atoms with van der Waals surface area (Å²) in [5.74, 6) is 0.328. The number of halogens is 2. The Bertz CT molecular complexity index is 1310. The highest BCUT2D eigenvalue weighted by molar-refractivity contribution is 6.31. The van der Waals surface area contributed by atoms with Gasteiger partial charge in [-0.25, -0.2) is 14.4 Å². The first-order valence-electron chi connectivity index (χ1n) is 13.0. The Kier molecular flexibility index (Phi) is 8.68. The minimum absolute atomic E-state index is 0.00746. The lowest BCUT2D eigenvalue weighted by atomic mass is 10.1. The number of fused-ring (bicyclic) bond motifs is 1. The van der Waals surface area contributed by atoms with Gasteiger partial charge in [0.15, 0.2) is 0 Å². The molecule has 1 amide bonds. The van der Waals surface area contributed by atoms with Gasteiger partial charge >= 0.3 is 0 Å². The van der Waals surface area contributed by atoms with Crippen LogP contribution in [0.15, 0.2) is 48.8 Å². The second kappa shape index (κ2) is 12.5. The third-order valence-corrected chi connectivity index (χ3v) is 7.01. The van der Waals surface area contributed by atoms with Crippen molar-refractivity contribution in [3.63, 3.8) is 0 Å². The number of carbonyl (C=O) groups excluding carboxylic acids is 1. The monoisotopic (exact) mass is 539 g/mol. The van der Waals surface area contributed by atoms with Gasteiger partial charge in [0.1, 0.15) is 23.7 Å². The molecule has 1 saturated carbocycles. The number of hydrogen-bond donors (Lipinski definition) is 2.